The van der Waals surface area contributed by atoms with Crippen LogP contribution in [0.5, 0.6) is 0 Å². The molecule has 1 aromatic carbocycles. The Morgan fingerprint density at radius 3 is 2.44 bits per heavy atom. The van der Waals surface area contributed by atoms with Gasteiger partial charge < -0.3 is 5.32 Å². The van der Waals surface area contributed by atoms with Crippen molar-refractivity contribution in [1.82, 2.24) is 20.1 Å². The van der Waals surface area contributed by atoms with Crippen LogP contribution in [0.15, 0.2) is 35.7 Å². The second-order valence-electron chi connectivity index (χ2n) is 6.91. The first-order chi connectivity index (χ1) is 12.3. The highest BCUT2D eigenvalue weighted by molar-refractivity contribution is 7.09. The van der Waals surface area contributed by atoms with E-state index < -0.39 is 0 Å². The van der Waals surface area contributed by atoms with Crippen molar-refractivity contribution in [3.05, 3.63) is 52.0 Å². The minimum absolute atomic E-state index is 0.0160. The monoisotopic (exact) mass is 356 g/mol. The summed E-state index contributed by atoms with van der Waals surface area (Å²) < 4.78 is 0. The molecule has 132 valence electrons. The Labute approximate surface area is 152 Å². The van der Waals surface area contributed by atoms with E-state index in [4.69, 9.17) is 0 Å². The Hall–Kier alpha value is -1.76. The van der Waals surface area contributed by atoms with Crippen LogP contribution in [-0.2, 0) is 13.1 Å². The van der Waals surface area contributed by atoms with Gasteiger partial charge in [0.1, 0.15) is 10.7 Å². The van der Waals surface area contributed by atoms with E-state index in [1.165, 1.54) is 5.56 Å². The summed E-state index contributed by atoms with van der Waals surface area (Å²) >= 11 is 1.60. The highest BCUT2D eigenvalue weighted by Gasteiger charge is 2.25. The maximum Gasteiger partial charge on any atom is 0.270 e. The first kappa shape index (κ1) is 16.7. The van der Waals surface area contributed by atoms with Gasteiger partial charge in [0, 0.05) is 44.1 Å². The second kappa shape index (κ2) is 7.64. The fourth-order valence-corrected chi connectivity index (χ4v) is 3.93. The van der Waals surface area contributed by atoms with Gasteiger partial charge in [-0.3, -0.25) is 14.6 Å². The lowest BCUT2D eigenvalue weighted by Crippen LogP contribution is -2.45. The van der Waals surface area contributed by atoms with Gasteiger partial charge in [0.25, 0.3) is 5.91 Å². The molecule has 2 aromatic rings. The molecule has 1 N–H and O–H groups in total. The van der Waals surface area contributed by atoms with Crippen molar-refractivity contribution in [2.75, 3.05) is 26.2 Å². The van der Waals surface area contributed by atoms with Gasteiger partial charge in [0.2, 0.25) is 0 Å². The highest BCUT2D eigenvalue weighted by Crippen LogP contribution is 2.20. The van der Waals surface area contributed by atoms with Crippen LogP contribution in [0.25, 0.3) is 0 Å². The molecule has 4 rings (SSSR count). The van der Waals surface area contributed by atoms with E-state index in [1.54, 1.807) is 11.3 Å². The lowest BCUT2D eigenvalue weighted by atomic mass is 10.2. The van der Waals surface area contributed by atoms with Crippen LogP contribution in [0.3, 0.4) is 0 Å². The number of aromatic nitrogens is 1. The van der Waals surface area contributed by atoms with E-state index in [9.17, 15) is 4.79 Å². The van der Waals surface area contributed by atoms with Gasteiger partial charge in [0.15, 0.2) is 0 Å². The summed E-state index contributed by atoms with van der Waals surface area (Å²) in [7, 11) is 0. The predicted molar refractivity (Wildman–Crippen MR) is 99.6 cm³/mol. The van der Waals surface area contributed by atoms with Crippen LogP contribution < -0.4 is 5.32 Å². The zero-order valence-electron chi connectivity index (χ0n) is 14.4. The second-order valence-corrected chi connectivity index (χ2v) is 7.85. The number of hydrogen-bond acceptors (Lipinski definition) is 5. The molecule has 1 aliphatic carbocycles. The third-order valence-corrected chi connectivity index (χ3v) is 5.60. The van der Waals surface area contributed by atoms with E-state index in [1.807, 2.05) is 5.38 Å². The molecular weight excluding hydrogens is 332 g/mol. The minimum Gasteiger partial charge on any atom is -0.348 e. The number of rotatable bonds is 6. The van der Waals surface area contributed by atoms with E-state index in [0.29, 0.717) is 11.7 Å². The molecule has 0 spiro atoms. The number of carbonyl (C=O) groups is 1. The summed E-state index contributed by atoms with van der Waals surface area (Å²) in [4.78, 5) is 21.5. The molecule has 2 fully saturated rings. The molecule has 1 saturated carbocycles. The van der Waals surface area contributed by atoms with Crippen molar-refractivity contribution in [1.29, 1.82) is 0 Å². The van der Waals surface area contributed by atoms with Crippen LogP contribution in [0.4, 0.5) is 0 Å². The normalized spacial score (nSPS) is 19.0. The van der Waals surface area contributed by atoms with E-state index in [0.717, 1.165) is 57.1 Å². The number of nitrogens with one attached hydrogen (secondary N) is 1. The quantitative estimate of drug-likeness (QED) is 0.863. The zero-order chi connectivity index (χ0) is 17.1. The first-order valence-corrected chi connectivity index (χ1v) is 9.88. The van der Waals surface area contributed by atoms with Crippen LogP contribution in [0.2, 0.25) is 0 Å². The van der Waals surface area contributed by atoms with Crippen molar-refractivity contribution in [3.8, 4) is 0 Å². The average molecular weight is 356 g/mol. The summed E-state index contributed by atoms with van der Waals surface area (Å²) in [6, 6.07) is 11.0. The standard InChI is InChI=1S/C19H24N4OS/c24-19(20-16-6-7-16)17-14-25-18(21-17)13-23-10-8-22(9-11-23)12-15-4-2-1-3-5-15/h1-5,14,16H,6-13H2,(H,20,24). The number of carbonyl (C=O) groups excluding carboxylic acids is 1. The Morgan fingerprint density at radius 1 is 1.08 bits per heavy atom. The molecule has 2 heterocycles. The maximum atomic E-state index is 12.0. The first-order valence-electron chi connectivity index (χ1n) is 9.00. The van der Waals surface area contributed by atoms with E-state index in [2.05, 4.69) is 50.4 Å². The Morgan fingerprint density at radius 2 is 1.76 bits per heavy atom. The largest absolute Gasteiger partial charge is 0.348 e. The van der Waals surface area contributed by atoms with Gasteiger partial charge >= 0.3 is 0 Å². The molecule has 0 bridgehead atoms. The summed E-state index contributed by atoms with van der Waals surface area (Å²) in [5.74, 6) is -0.0160. The Bertz CT molecular complexity index is 705. The number of amides is 1. The number of thiazole rings is 1. The molecule has 6 heteroatoms. The third-order valence-electron chi connectivity index (χ3n) is 4.77. The summed E-state index contributed by atoms with van der Waals surface area (Å²) in [6.07, 6.45) is 2.21. The van der Waals surface area contributed by atoms with Crippen molar-refractivity contribution in [3.63, 3.8) is 0 Å². The average Bonchev–Trinajstić information content (AvgIpc) is 3.32. The summed E-state index contributed by atoms with van der Waals surface area (Å²) in [5, 5.41) is 5.93. The van der Waals surface area contributed by atoms with Gasteiger partial charge in [-0.05, 0) is 18.4 Å². The lowest BCUT2D eigenvalue weighted by molar-refractivity contribution is 0.0946. The summed E-state index contributed by atoms with van der Waals surface area (Å²) in [6.45, 7) is 6.13. The molecule has 5 nitrogen and oxygen atoms in total. The van der Waals surface area contributed by atoms with Gasteiger partial charge in [-0.1, -0.05) is 30.3 Å². The van der Waals surface area contributed by atoms with E-state index in [-0.39, 0.29) is 5.91 Å². The topological polar surface area (TPSA) is 48.5 Å². The highest BCUT2D eigenvalue weighted by atomic mass is 32.1. The molecule has 0 radical (unpaired) electrons. The third kappa shape index (κ3) is 4.66. The van der Waals surface area contributed by atoms with Gasteiger partial charge in [-0.25, -0.2) is 4.98 Å². The molecule has 0 unspecified atom stereocenters. The number of benzene rings is 1. The molecule has 1 saturated heterocycles. The number of piperazine rings is 1. The molecule has 0 atom stereocenters. The molecule has 2 aliphatic rings. The smallest absolute Gasteiger partial charge is 0.270 e. The number of hydrogen-bond donors (Lipinski definition) is 1. The van der Waals surface area contributed by atoms with Gasteiger partial charge in [-0.2, -0.15) is 0 Å². The summed E-state index contributed by atoms with van der Waals surface area (Å²) in [5.41, 5.74) is 1.96. The molecule has 25 heavy (non-hydrogen) atoms. The Balaban J connectivity index is 1.24. The van der Waals surface area contributed by atoms with Gasteiger partial charge in [0.05, 0.1) is 6.54 Å². The van der Waals surface area contributed by atoms with Crippen LogP contribution >= 0.6 is 11.3 Å². The van der Waals surface area contributed by atoms with E-state index >= 15 is 0 Å². The molecular formula is C19H24N4OS. The number of nitrogens with zero attached hydrogens (tertiary/aromatic N) is 3. The van der Waals surface area contributed by atoms with Crippen LogP contribution in [-0.4, -0.2) is 52.9 Å². The zero-order valence-corrected chi connectivity index (χ0v) is 15.2. The van der Waals surface area contributed by atoms with Crippen LogP contribution in [0, 0.1) is 0 Å². The van der Waals surface area contributed by atoms with Gasteiger partial charge in [-0.15, -0.1) is 11.3 Å². The Kier molecular flexibility index (Phi) is 5.10. The van der Waals surface area contributed by atoms with Crippen LogP contribution in [0.1, 0.15) is 33.9 Å². The molecule has 1 aliphatic heterocycles. The lowest BCUT2D eigenvalue weighted by Gasteiger charge is -2.34. The SMILES string of the molecule is O=C(NC1CC1)c1csc(CN2CCN(Cc3ccccc3)CC2)n1. The minimum atomic E-state index is -0.0160. The maximum absolute atomic E-state index is 12.0. The van der Waals surface area contributed by atoms with Crippen molar-refractivity contribution < 1.29 is 4.79 Å². The van der Waals surface area contributed by atoms with Crippen molar-refractivity contribution in [2.45, 2.75) is 32.0 Å². The van der Waals surface area contributed by atoms with Crippen molar-refractivity contribution in [2.24, 2.45) is 0 Å². The van der Waals surface area contributed by atoms with Crippen molar-refractivity contribution >= 4 is 17.2 Å². The molecule has 1 aromatic heterocycles. The fourth-order valence-electron chi connectivity index (χ4n) is 3.11. The fraction of sp³-hybridized carbons (Fsp3) is 0.474. The molecule has 1 amide bonds. The predicted octanol–water partition coefficient (Wildman–Crippen LogP) is 2.35.